The molecule has 2 rings (SSSR count). The third-order valence-electron chi connectivity index (χ3n) is 3.50. The van der Waals surface area contributed by atoms with E-state index in [0.29, 0.717) is 5.56 Å². The number of aromatic nitrogens is 1. The fourth-order valence-corrected chi connectivity index (χ4v) is 2.32. The minimum Gasteiger partial charge on any atom is -0.379 e. The molecular formula is C14H19N3. The van der Waals surface area contributed by atoms with E-state index in [-0.39, 0.29) is 5.54 Å². The maximum atomic E-state index is 9.21. The Labute approximate surface area is 103 Å². The number of rotatable bonds is 3. The van der Waals surface area contributed by atoms with Gasteiger partial charge in [0.15, 0.2) is 0 Å². The molecule has 0 aliphatic heterocycles. The van der Waals surface area contributed by atoms with Crippen LogP contribution in [-0.4, -0.2) is 10.5 Å². The van der Waals surface area contributed by atoms with Crippen molar-refractivity contribution in [2.45, 2.75) is 46.1 Å². The van der Waals surface area contributed by atoms with Crippen molar-refractivity contribution >= 4 is 5.69 Å². The van der Waals surface area contributed by atoms with E-state index in [1.807, 2.05) is 19.9 Å². The van der Waals surface area contributed by atoms with Crippen LogP contribution in [-0.2, 0) is 0 Å². The fourth-order valence-electron chi connectivity index (χ4n) is 2.32. The molecule has 1 aromatic rings. The predicted molar refractivity (Wildman–Crippen MR) is 68.9 cm³/mol. The van der Waals surface area contributed by atoms with Gasteiger partial charge in [-0.2, -0.15) is 5.26 Å². The largest absolute Gasteiger partial charge is 0.379 e. The predicted octanol–water partition coefficient (Wildman–Crippen LogP) is 3.17. The molecule has 90 valence electrons. The fraction of sp³-hybridized carbons (Fsp3) is 0.571. The minimum atomic E-state index is 0.0613. The number of nitrogens with one attached hydrogen (secondary N) is 1. The van der Waals surface area contributed by atoms with Gasteiger partial charge in [-0.15, -0.1) is 0 Å². The summed E-state index contributed by atoms with van der Waals surface area (Å²) in [6, 6.07) is 4.22. The molecule has 0 unspecified atom stereocenters. The molecule has 1 saturated carbocycles. The number of anilines is 1. The first-order valence-electron chi connectivity index (χ1n) is 6.10. The van der Waals surface area contributed by atoms with Gasteiger partial charge >= 0.3 is 0 Å². The summed E-state index contributed by atoms with van der Waals surface area (Å²) >= 11 is 0. The van der Waals surface area contributed by atoms with Crippen molar-refractivity contribution in [2.24, 2.45) is 5.92 Å². The lowest BCUT2D eigenvalue weighted by Gasteiger charge is -2.28. The van der Waals surface area contributed by atoms with E-state index >= 15 is 0 Å². The number of pyridine rings is 1. The summed E-state index contributed by atoms with van der Waals surface area (Å²) in [6.45, 7) is 8.26. The Hall–Kier alpha value is -1.56. The van der Waals surface area contributed by atoms with Crippen LogP contribution in [0.15, 0.2) is 6.07 Å². The Bertz CT molecular complexity index is 479. The maximum absolute atomic E-state index is 9.21. The molecule has 1 fully saturated rings. The summed E-state index contributed by atoms with van der Waals surface area (Å²) in [5, 5.41) is 12.7. The number of nitriles is 1. The molecule has 1 aliphatic rings. The molecule has 0 atom stereocenters. The lowest BCUT2D eigenvalue weighted by molar-refractivity contribution is 0.494. The van der Waals surface area contributed by atoms with Gasteiger partial charge in [-0.3, -0.25) is 4.98 Å². The van der Waals surface area contributed by atoms with Crippen LogP contribution in [0.2, 0.25) is 0 Å². The van der Waals surface area contributed by atoms with Crippen LogP contribution in [0, 0.1) is 31.1 Å². The van der Waals surface area contributed by atoms with E-state index in [2.05, 4.69) is 30.2 Å². The summed E-state index contributed by atoms with van der Waals surface area (Å²) in [5.41, 5.74) is 3.42. The summed E-state index contributed by atoms with van der Waals surface area (Å²) < 4.78 is 0. The first-order valence-corrected chi connectivity index (χ1v) is 6.10. The molecule has 3 heteroatoms. The van der Waals surface area contributed by atoms with Crippen LogP contribution in [0.1, 0.15) is 43.6 Å². The Morgan fingerprint density at radius 2 is 2.06 bits per heavy atom. The quantitative estimate of drug-likeness (QED) is 0.866. The molecule has 0 amide bonds. The minimum absolute atomic E-state index is 0.0613. The van der Waals surface area contributed by atoms with E-state index in [1.54, 1.807) is 0 Å². The van der Waals surface area contributed by atoms with E-state index in [9.17, 15) is 5.26 Å². The summed E-state index contributed by atoms with van der Waals surface area (Å²) in [5.74, 6) is 0.725. The summed E-state index contributed by atoms with van der Waals surface area (Å²) in [6.07, 6.45) is 2.57. The molecule has 0 aromatic carbocycles. The monoisotopic (exact) mass is 229 g/mol. The van der Waals surface area contributed by atoms with E-state index < -0.39 is 0 Å². The second kappa shape index (κ2) is 4.03. The molecule has 0 bridgehead atoms. The number of nitrogens with zero attached hydrogens (tertiary/aromatic N) is 2. The van der Waals surface area contributed by atoms with Gasteiger partial charge in [0.05, 0.1) is 16.9 Å². The van der Waals surface area contributed by atoms with Gasteiger partial charge < -0.3 is 5.32 Å². The van der Waals surface area contributed by atoms with Crippen molar-refractivity contribution in [3.8, 4) is 6.07 Å². The van der Waals surface area contributed by atoms with Crippen molar-refractivity contribution in [3.05, 3.63) is 23.0 Å². The molecule has 0 spiro atoms. The number of hydrogen-bond donors (Lipinski definition) is 1. The first kappa shape index (κ1) is 11.9. The van der Waals surface area contributed by atoms with Crippen molar-refractivity contribution in [2.75, 3.05) is 5.32 Å². The molecule has 17 heavy (non-hydrogen) atoms. The molecule has 1 heterocycles. The van der Waals surface area contributed by atoms with Crippen LogP contribution < -0.4 is 5.32 Å². The molecule has 1 aliphatic carbocycles. The average molecular weight is 229 g/mol. The number of hydrogen-bond acceptors (Lipinski definition) is 3. The van der Waals surface area contributed by atoms with Crippen LogP contribution in [0.5, 0.6) is 0 Å². The SMILES string of the molecule is Cc1cc(NC(C)(C)C2CC2)c(C#N)c(C)n1. The van der Waals surface area contributed by atoms with Crippen LogP contribution in [0.25, 0.3) is 0 Å². The molecular weight excluding hydrogens is 210 g/mol. The zero-order valence-corrected chi connectivity index (χ0v) is 11.0. The van der Waals surface area contributed by atoms with E-state index in [4.69, 9.17) is 0 Å². The van der Waals surface area contributed by atoms with Crippen molar-refractivity contribution in [1.29, 1.82) is 5.26 Å². The molecule has 1 N–H and O–H groups in total. The van der Waals surface area contributed by atoms with Crippen molar-refractivity contribution < 1.29 is 0 Å². The highest BCUT2D eigenvalue weighted by Gasteiger charge is 2.38. The van der Waals surface area contributed by atoms with Gasteiger partial charge in [-0.25, -0.2) is 0 Å². The summed E-state index contributed by atoms with van der Waals surface area (Å²) in [7, 11) is 0. The average Bonchev–Trinajstić information content (AvgIpc) is 2.98. The zero-order valence-electron chi connectivity index (χ0n) is 11.0. The molecule has 0 saturated heterocycles. The molecule has 0 radical (unpaired) electrons. The van der Waals surface area contributed by atoms with Gasteiger partial charge in [0.1, 0.15) is 6.07 Å². The topological polar surface area (TPSA) is 48.7 Å². The van der Waals surface area contributed by atoms with Gasteiger partial charge in [-0.05, 0) is 52.5 Å². The van der Waals surface area contributed by atoms with Crippen LogP contribution >= 0.6 is 0 Å². The van der Waals surface area contributed by atoms with Gasteiger partial charge in [-0.1, -0.05) is 0 Å². The molecule has 3 nitrogen and oxygen atoms in total. The van der Waals surface area contributed by atoms with E-state index in [1.165, 1.54) is 12.8 Å². The Kier molecular flexibility index (Phi) is 2.82. The van der Waals surface area contributed by atoms with Crippen molar-refractivity contribution in [1.82, 2.24) is 4.98 Å². The van der Waals surface area contributed by atoms with E-state index in [0.717, 1.165) is 23.0 Å². The third-order valence-corrected chi connectivity index (χ3v) is 3.50. The Morgan fingerprint density at radius 1 is 1.41 bits per heavy atom. The van der Waals surface area contributed by atoms with Gasteiger partial charge in [0.25, 0.3) is 0 Å². The highest BCUT2D eigenvalue weighted by atomic mass is 15.0. The Balaban J connectivity index is 2.35. The number of aryl methyl sites for hydroxylation is 2. The highest BCUT2D eigenvalue weighted by molar-refractivity contribution is 5.61. The second-order valence-corrected chi connectivity index (χ2v) is 5.50. The maximum Gasteiger partial charge on any atom is 0.103 e. The summed E-state index contributed by atoms with van der Waals surface area (Å²) in [4.78, 5) is 4.33. The van der Waals surface area contributed by atoms with Gasteiger partial charge in [0.2, 0.25) is 0 Å². The smallest absolute Gasteiger partial charge is 0.103 e. The van der Waals surface area contributed by atoms with Crippen LogP contribution in [0.3, 0.4) is 0 Å². The zero-order chi connectivity index (χ0) is 12.6. The van der Waals surface area contributed by atoms with Crippen LogP contribution in [0.4, 0.5) is 5.69 Å². The molecule has 1 aromatic heterocycles. The second-order valence-electron chi connectivity index (χ2n) is 5.50. The lowest BCUT2D eigenvalue weighted by Crippen LogP contribution is -2.33. The first-order chi connectivity index (χ1) is 7.94. The third kappa shape index (κ3) is 2.41. The highest BCUT2D eigenvalue weighted by Crippen LogP contribution is 2.41. The normalized spacial score (nSPS) is 15.5. The van der Waals surface area contributed by atoms with Crippen molar-refractivity contribution in [3.63, 3.8) is 0 Å². The Morgan fingerprint density at radius 3 is 2.59 bits per heavy atom. The van der Waals surface area contributed by atoms with Gasteiger partial charge in [0, 0.05) is 11.2 Å². The standard InChI is InChI=1S/C14H19N3/c1-9-7-13(12(8-15)10(2)16-9)17-14(3,4)11-5-6-11/h7,11H,5-6H2,1-4H3,(H,16,17). The lowest BCUT2D eigenvalue weighted by atomic mass is 9.97.